The molecule has 5 atom stereocenters. The van der Waals surface area contributed by atoms with Crippen molar-refractivity contribution < 1.29 is 14.6 Å². The zero-order chi connectivity index (χ0) is 11.8. The SMILES string of the molecule is CCC1CO[C@@](C)(C2CCC(C)CC2O)O1. The number of hydrogen-bond acceptors (Lipinski definition) is 3. The summed E-state index contributed by atoms with van der Waals surface area (Å²) in [6.45, 7) is 6.98. The molecule has 0 spiro atoms. The van der Waals surface area contributed by atoms with E-state index in [1.54, 1.807) is 0 Å². The van der Waals surface area contributed by atoms with Gasteiger partial charge in [-0.3, -0.25) is 0 Å². The van der Waals surface area contributed by atoms with E-state index in [0.717, 1.165) is 19.3 Å². The quantitative estimate of drug-likeness (QED) is 0.788. The molecule has 3 nitrogen and oxygen atoms in total. The first-order valence-electron chi connectivity index (χ1n) is 6.55. The summed E-state index contributed by atoms with van der Waals surface area (Å²) in [6.07, 6.45) is 3.97. The van der Waals surface area contributed by atoms with Gasteiger partial charge in [0.2, 0.25) is 0 Å². The van der Waals surface area contributed by atoms with E-state index in [1.165, 1.54) is 6.42 Å². The van der Waals surface area contributed by atoms with Crippen molar-refractivity contribution in [3.63, 3.8) is 0 Å². The third-order valence-electron chi connectivity index (χ3n) is 4.16. The second-order valence-corrected chi connectivity index (χ2v) is 5.57. The third kappa shape index (κ3) is 2.27. The molecule has 0 aromatic rings. The van der Waals surface area contributed by atoms with Crippen molar-refractivity contribution in [2.24, 2.45) is 11.8 Å². The fourth-order valence-corrected chi connectivity index (χ4v) is 3.02. The van der Waals surface area contributed by atoms with Gasteiger partial charge in [-0.25, -0.2) is 0 Å². The molecule has 3 heteroatoms. The van der Waals surface area contributed by atoms with Gasteiger partial charge >= 0.3 is 0 Å². The van der Waals surface area contributed by atoms with Gasteiger partial charge in [0.1, 0.15) is 0 Å². The summed E-state index contributed by atoms with van der Waals surface area (Å²) in [5, 5.41) is 10.2. The van der Waals surface area contributed by atoms with Crippen LogP contribution in [0.2, 0.25) is 0 Å². The van der Waals surface area contributed by atoms with Crippen LogP contribution < -0.4 is 0 Å². The summed E-state index contributed by atoms with van der Waals surface area (Å²) in [6, 6.07) is 0. The van der Waals surface area contributed by atoms with Gasteiger partial charge in [0, 0.05) is 5.92 Å². The lowest BCUT2D eigenvalue weighted by Gasteiger charge is -2.40. The van der Waals surface area contributed by atoms with Gasteiger partial charge in [0.05, 0.1) is 18.8 Å². The van der Waals surface area contributed by atoms with Crippen molar-refractivity contribution in [2.45, 2.75) is 64.4 Å². The molecule has 2 fully saturated rings. The normalized spacial score (nSPS) is 49.5. The van der Waals surface area contributed by atoms with Crippen molar-refractivity contribution in [1.82, 2.24) is 0 Å². The molecule has 1 aliphatic heterocycles. The van der Waals surface area contributed by atoms with Crippen molar-refractivity contribution >= 4 is 0 Å². The first-order chi connectivity index (χ1) is 7.55. The van der Waals surface area contributed by atoms with Crippen LogP contribution in [-0.2, 0) is 9.47 Å². The summed E-state index contributed by atoms with van der Waals surface area (Å²) in [7, 11) is 0. The van der Waals surface area contributed by atoms with Gasteiger partial charge in [-0.05, 0) is 32.1 Å². The Hall–Kier alpha value is -0.120. The lowest BCUT2D eigenvalue weighted by Crippen LogP contribution is -2.46. The van der Waals surface area contributed by atoms with Crippen LogP contribution in [0, 0.1) is 11.8 Å². The summed E-state index contributed by atoms with van der Waals surface area (Å²) in [5.74, 6) is 0.207. The summed E-state index contributed by atoms with van der Waals surface area (Å²) >= 11 is 0. The Morgan fingerprint density at radius 3 is 2.69 bits per heavy atom. The van der Waals surface area contributed by atoms with E-state index in [2.05, 4.69) is 13.8 Å². The van der Waals surface area contributed by atoms with E-state index in [4.69, 9.17) is 9.47 Å². The first-order valence-corrected chi connectivity index (χ1v) is 6.55. The second-order valence-electron chi connectivity index (χ2n) is 5.57. The average molecular weight is 228 g/mol. The standard InChI is InChI=1S/C13H24O3/c1-4-10-8-15-13(3,16-10)11-6-5-9(2)7-12(11)14/h9-12,14H,4-8H2,1-3H3/t9?,10?,11?,12?,13-/m1/s1. The minimum Gasteiger partial charge on any atom is -0.393 e. The van der Waals surface area contributed by atoms with Gasteiger partial charge in [0.25, 0.3) is 0 Å². The fraction of sp³-hybridized carbons (Fsp3) is 1.00. The maximum Gasteiger partial charge on any atom is 0.171 e. The van der Waals surface area contributed by atoms with Crippen LogP contribution >= 0.6 is 0 Å². The van der Waals surface area contributed by atoms with E-state index in [-0.39, 0.29) is 18.1 Å². The molecule has 0 radical (unpaired) electrons. The summed E-state index contributed by atoms with van der Waals surface area (Å²) < 4.78 is 11.8. The van der Waals surface area contributed by atoms with Crippen LogP contribution in [0.15, 0.2) is 0 Å². The Morgan fingerprint density at radius 1 is 1.38 bits per heavy atom. The molecule has 1 heterocycles. The summed E-state index contributed by atoms with van der Waals surface area (Å²) in [5.41, 5.74) is 0. The van der Waals surface area contributed by atoms with E-state index in [9.17, 15) is 5.11 Å². The highest BCUT2D eigenvalue weighted by atomic mass is 16.7. The van der Waals surface area contributed by atoms with Gasteiger partial charge in [-0.1, -0.05) is 20.3 Å². The van der Waals surface area contributed by atoms with Crippen LogP contribution in [0.4, 0.5) is 0 Å². The average Bonchev–Trinajstić information content (AvgIpc) is 2.61. The molecule has 0 aromatic carbocycles. The lowest BCUT2D eigenvalue weighted by molar-refractivity contribution is -0.221. The maximum atomic E-state index is 10.2. The van der Waals surface area contributed by atoms with Crippen LogP contribution in [0.3, 0.4) is 0 Å². The smallest absolute Gasteiger partial charge is 0.171 e. The largest absolute Gasteiger partial charge is 0.393 e. The predicted octanol–water partition coefficient (Wildman–Crippen LogP) is 2.33. The van der Waals surface area contributed by atoms with Crippen molar-refractivity contribution in [3.8, 4) is 0 Å². The van der Waals surface area contributed by atoms with Gasteiger partial charge in [-0.15, -0.1) is 0 Å². The maximum absolute atomic E-state index is 10.2. The molecule has 16 heavy (non-hydrogen) atoms. The number of rotatable bonds is 2. The number of aliphatic hydroxyl groups is 1. The molecule has 0 amide bonds. The van der Waals surface area contributed by atoms with Gasteiger partial charge in [-0.2, -0.15) is 0 Å². The van der Waals surface area contributed by atoms with E-state index < -0.39 is 5.79 Å². The zero-order valence-corrected chi connectivity index (χ0v) is 10.6. The monoisotopic (exact) mass is 228 g/mol. The van der Waals surface area contributed by atoms with E-state index in [1.807, 2.05) is 6.92 Å². The highest BCUT2D eigenvalue weighted by Crippen LogP contribution is 2.41. The Bertz CT molecular complexity index is 243. The van der Waals surface area contributed by atoms with Crippen molar-refractivity contribution in [3.05, 3.63) is 0 Å². The van der Waals surface area contributed by atoms with E-state index >= 15 is 0 Å². The highest BCUT2D eigenvalue weighted by Gasteiger charge is 2.47. The molecule has 2 aliphatic rings. The molecule has 1 N–H and O–H groups in total. The number of hydrogen-bond donors (Lipinski definition) is 1. The van der Waals surface area contributed by atoms with Crippen LogP contribution in [0.25, 0.3) is 0 Å². The number of aliphatic hydroxyl groups excluding tert-OH is 1. The Morgan fingerprint density at radius 2 is 2.12 bits per heavy atom. The van der Waals surface area contributed by atoms with Crippen molar-refractivity contribution in [1.29, 1.82) is 0 Å². The fourth-order valence-electron chi connectivity index (χ4n) is 3.02. The molecule has 1 aliphatic carbocycles. The Labute approximate surface area is 98.1 Å². The highest BCUT2D eigenvalue weighted by molar-refractivity contribution is 4.89. The molecule has 2 rings (SSSR count). The minimum absolute atomic E-state index is 0.139. The molecule has 4 unspecified atom stereocenters. The molecular weight excluding hydrogens is 204 g/mol. The molecular formula is C13H24O3. The molecule has 0 bridgehead atoms. The lowest BCUT2D eigenvalue weighted by atomic mass is 9.77. The van der Waals surface area contributed by atoms with Crippen molar-refractivity contribution in [2.75, 3.05) is 6.61 Å². The zero-order valence-electron chi connectivity index (χ0n) is 10.6. The van der Waals surface area contributed by atoms with E-state index in [0.29, 0.717) is 12.5 Å². The molecule has 1 saturated heterocycles. The van der Waals surface area contributed by atoms with Gasteiger partial charge < -0.3 is 14.6 Å². The van der Waals surface area contributed by atoms with Gasteiger partial charge in [0.15, 0.2) is 5.79 Å². The minimum atomic E-state index is -0.555. The third-order valence-corrected chi connectivity index (χ3v) is 4.16. The van der Waals surface area contributed by atoms with Crippen LogP contribution in [0.5, 0.6) is 0 Å². The topological polar surface area (TPSA) is 38.7 Å². The predicted molar refractivity (Wildman–Crippen MR) is 62.0 cm³/mol. The second kappa shape index (κ2) is 4.63. The van der Waals surface area contributed by atoms with Crippen LogP contribution in [-0.4, -0.2) is 29.7 Å². The Kier molecular flexibility index (Phi) is 3.57. The first kappa shape index (κ1) is 12.3. The molecule has 0 aromatic heterocycles. The summed E-state index contributed by atoms with van der Waals surface area (Å²) in [4.78, 5) is 0. The Balaban J connectivity index is 2.01. The van der Waals surface area contributed by atoms with Crippen LogP contribution in [0.1, 0.15) is 46.5 Å². The molecule has 1 saturated carbocycles. The molecule has 94 valence electrons. The number of ether oxygens (including phenoxy) is 2.